The highest BCUT2D eigenvalue weighted by Gasteiger charge is 2.35. The van der Waals surface area contributed by atoms with Gasteiger partial charge in [0.15, 0.2) is 0 Å². The standard InChI is InChI=1S/C21H25FN2O4S/c1-14-6-4-8-18(15(14)2)23-21(25)16-7-5-11-24(13-16)29(26,27)20-12-17(22)9-10-19(20)28-3/h4,6,8-10,12,16H,5,7,11,13H2,1-3H3,(H,23,25)/t16-/m1/s1. The van der Waals surface area contributed by atoms with Crippen LogP contribution in [0.2, 0.25) is 0 Å². The van der Waals surface area contributed by atoms with Crippen LogP contribution in [0, 0.1) is 25.6 Å². The van der Waals surface area contributed by atoms with Gasteiger partial charge in [-0.3, -0.25) is 4.79 Å². The molecule has 6 nitrogen and oxygen atoms in total. The van der Waals surface area contributed by atoms with Gasteiger partial charge in [0.25, 0.3) is 0 Å². The van der Waals surface area contributed by atoms with Gasteiger partial charge in [-0.15, -0.1) is 0 Å². The van der Waals surface area contributed by atoms with E-state index in [9.17, 15) is 17.6 Å². The third-order valence-corrected chi connectivity index (χ3v) is 7.25. The number of nitrogens with one attached hydrogen (secondary N) is 1. The minimum atomic E-state index is -3.99. The van der Waals surface area contributed by atoms with E-state index in [1.54, 1.807) is 0 Å². The number of nitrogens with zero attached hydrogens (tertiary/aromatic N) is 1. The lowest BCUT2D eigenvalue weighted by Crippen LogP contribution is -2.43. The number of benzene rings is 2. The molecule has 0 radical (unpaired) electrons. The molecule has 1 amide bonds. The van der Waals surface area contributed by atoms with Gasteiger partial charge < -0.3 is 10.1 Å². The van der Waals surface area contributed by atoms with Crippen LogP contribution in [-0.4, -0.2) is 38.8 Å². The number of sulfonamides is 1. The Morgan fingerprint density at radius 2 is 2.00 bits per heavy atom. The number of halogens is 1. The number of piperidine rings is 1. The van der Waals surface area contributed by atoms with E-state index in [-0.39, 0.29) is 29.6 Å². The van der Waals surface area contributed by atoms with Crippen molar-refractivity contribution in [3.63, 3.8) is 0 Å². The maximum absolute atomic E-state index is 13.7. The first-order valence-electron chi connectivity index (χ1n) is 9.45. The highest BCUT2D eigenvalue weighted by molar-refractivity contribution is 7.89. The van der Waals surface area contributed by atoms with Gasteiger partial charge in [0.1, 0.15) is 16.5 Å². The molecule has 8 heteroatoms. The summed E-state index contributed by atoms with van der Waals surface area (Å²) in [6.07, 6.45) is 1.13. The topological polar surface area (TPSA) is 75.7 Å². The first-order chi connectivity index (χ1) is 13.7. The zero-order valence-corrected chi connectivity index (χ0v) is 17.6. The van der Waals surface area contributed by atoms with Crippen molar-refractivity contribution in [3.8, 4) is 5.75 Å². The van der Waals surface area contributed by atoms with E-state index in [1.165, 1.54) is 17.5 Å². The second kappa shape index (κ2) is 8.51. The molecule has 0 bridgehead atoms. The summed E-state index contributed by atoms with van der Waals surface area (Å²) in [6.45, 7) is 4.21. The molecule has 1 aliphatic rings. The number of amides is 1. The Morgan fingerprint density at radius 3 is 2.72 bits per heavy atom. The molecule has 0 spiro atoms. The van der Waals surface area contributed by atoms with Gasteiger partial charge in [0, 0.05) is 18.8 Å². The number of hydrogen-bond acceptors (Lipinski definition) is 4. The summed E-state index contributed by atoms with van der Waals surface area (Å²) in [6, 6.07) is 9.05. The van der Waals surface area contributed by atoms with Crippen molar-refractivity contribution in [2.75, 3.05) is 25.5 Å². The molecule has 1 saturated heterocycles. The Morgan fingerprint density at radius 1 is 1.24 bits per heavy atom. The largest absolute Gasteiger partial charge is 0.495 e. The Labute approximate surface area is 170 Å². The van der Waals surface area contributed by atoms with Crippen LogP contribution in [0.5, 0.6) is 5.75 Å². The monoisotopic (exact) mass is 420 g/mol. The van der Waals surface area contributed by atoms with E-state index < -0.39 is 21.8 Å². The SMILES string of the molecule is COc1ccc(F)cc1S(=O)(=O)N1CCC[C@@H](C(=O)Nc2cccc(C)c2C)C1. The minimum Gasteiger partial charge on any atom is -0.495 e. The van der Waals surface area contributed by atoms with E-state index in [1.807, 2.05) is 32.0 Å². The zero-order chi connectivity index (χ0) is 21.2. The maximum Gasteiger partial charge on any atom is 0.246 e. The van der Waals surface area contributed by atoms with Crippen molar-refractivity contribution in [3.05, 3.63) is 53.3 Å². The van der Waals surface area contributed by atoms with Crippen molar-refractivity contribution in [2.45, 2.75) is 31.6 Å². The van der Waals surface area contributed by atoms with Crippen LogP contribution >= 0.6 is 0 Å². The molecule has 1 atom stereocenters. The average molecular weight is 421 g/mol. The Balaban J connectivity index is 1.80. The van der Waals surface area contributed by atoms with Gasteiger partial charge in [-0.05, 0) is 62.1 Å². The van der Waals surface area contributed by atoms with Crippen LogP contribution in [0.1, 0.15) is 24.0 Å². The normalized spacial score (nSPS) is 17.7. The average Bonchev–Trinajstić information content (AvgIpc) is 2.71. The first kappa shape index (κ1) is 21.3. The summed E-state index contributed by atoms with van der Waals surface area (Å²) < 4.78 is 46.2. The van der Waals surface area contributed by atoms with Crippen LogP contribution in [0.15, 0.2) is 41.3 Å². The fourth-order valence-corrected chi connectivity index (χ4v) is 5.18. The highest BCUT2D eigenvalue weighted by atomic mass is 32.2. The number of rotatable bonds is 5. The number of hydrogen-bond donors (Lipinski definition) is 1. The summed E-state index contributed by atoms with van der Waals surface area (Å²) in [4.78, 5) is 12.6. The third-order valence-electron chi connectivity index (χ3n) is 5.36. The van der Waals surface area contributed by atoms with E-state index >= 15 is 0 Å². The molecule has 2 aromatic rings. The molecule has 0 aromatic heterocycles. The summed E-state index contributed by atoms with van der Waals surface area (Å²) >= 11 is 0. The molecule has 1 fully saturated rings. The highest BCUT2D eigenvalue weighted by Crippen LogP contribution is 2.31. The van der Waals surface area contributed by atoms with Crippen LogP contribution in [-0.2, 0) is 14.8 Å². The van der Waals surface area contributed by atoms with Crippen LogP contribution in [0.25, 0.3) is 0 Å². The first-order valence-corrected chi connectivity index (χ1v) is 10.9. The van der Waals surface area contributed by atoms with Gasteiger partial charge >= 0.3 is 0 Å². The zero-order valence-electron chi connectivity index (χ0n) is 16.7. The second-order valence-corrected chi connectivity index (χ2v) is 9.14. The summed E-state index contributed by atoms with van der Waals surface area (Å²) in [5.74, 6) is -1.29. The van der Waals surface area contributed by atoms with Crippen molar-refractivity contribution < 1.29 is 22.3 Å². The number of ether oxygens (including phenoxy) is 1. The molecule has 1 N–H and O–H groups in total. The predicted octanol–water partition coefficient (Wildman–Crippen LogP) is 3.49. The van der Waals surface area contributed by atoms with Crippen molar-refractivity contribution in [1.29, 1.82) is 0 Å². The lowest BCUT2D eigenvalue weighted by Gasteiger charge is -2.31. The van der Waals surface area contributed by atoms with E-state index in [4.69, 9.17) is 4.74 Å². The van der Waals surface area contributed by atoms with Gasteiger partial charge in [0.2, 0.25) is 15.9 Å². The molecule has 1 aliphatic heterocycles. The summed E-state index contributed by atoms with van der Waals surface area (Å²) in [5.41, 5.74) is 2.77. The number of anilines is 1. The van der Waals surface area contributed by atoms with Crippen molar-refractivity contribution in [1.82, 2.24) is 4.31 Å². The van der Waals surface area contributed by atoms with E-state index in [0.29, 0.717) is 12.8 Å². The van der Waals surface area contributed by atoms with E-state index in [0.717, 1.165) is 28.9 Å². The minimum absolute atomic E-state index is 0.0404. The number of aryl methyl sites for hydroxylation is 1. The second-order valence-electron chi connectivity index (χ2n) is 7.23. The lowest BCUT2D eigenvalue weighted by atomic mass is 9.98. The molecule has 0 aliphatic carbocycles. The number of carbonyl (C=O) groups excluding carboxylic acids is 1. The Hall–Kier alpha value is -2.45. The molecular formula is C21H25FN2O4S. The smallest absolute Gasteiger partial charge is 0.246 e. The van der Waals surface area contributed by atoms with Gasteiger partial charge in [-0.1, -0.05) is 12.1 Å². The fraction of sp³-hybridized carbons (Fsp3) is 0.381. The van der Waals surface area contributed by atoms with E-state index in [2.05, 4.69) is 5.32 Å². The molecule has 0 unspecified atom stereocenters. The van der Waals surface area contributed by atoms with Crippen LogP contribution in [0.3, 0.4) is 0 Å². The quantitative estimate of drug-likeness (QED) is 0.803. The molecular weight excluding hydrogens is 395 g/mol. The number of methoxy groups -OCH3 is 1. The van der Waals surface area contributed by atoms with Gasteiger partial charge in [-0.2, -0.15) is 4.31 Å². The van der Waals surface area contributed by atoms with Crippen molar-refractivity contribution >= 4 is 21.6 Å². The molecule has 29 heavy (non-hydrogen) atoms. The predicted molar refractivity (Wildman–Crippen MR) is 109 cm³/mol. The van der Waals surface area contributed by atoms with Gasteiger partial charge in [-0.25, -0.2) is 12.8 Å². The summed E-state index contributed by atoms with van der Waals surface area (Å²) in [7, 11) is -2.66. The van der Waals surface area contributed by atoms with Gasteiger partial charge in [0.05, 0.1) is 13.0 Å². The third kappa shape index (κ3) is 4.43. The molecule has 0 saturated carbocycles. The maximum atomic E-state index is 13.7. The molecule has 2 aromatic carbocycles. The van der Waals surface area contributed by atoms with Crippen LogP contribution in [0.4, 0.5) is 10.1 Å². The summed E-state index contributed by atoms with van der Waals surface area (Å²) in [5, 5.41) is 2.92. The Bertz CT molecular complexity index is 1020. The number of carbonyl (C=O) groups is 1. The molecule has 3 rings (SSSR count). The fourth-order valence-electron chi connectivity index (χ4n) is 3.49. The van der Waals surface area contributed by atoms with Crippen LogP contribution < -0.4 is 10.1 Å². The Kier molecular flexibility index (Phi) is 6.24. The van der Waals surface area contributed by atoms with Crippen molar-refractivity contribution in [2.24, 2.45) is 5.92 Å². The molecule has 156 valence electrons. The lowest BCUT2D eigenvalue weighted by molar-refractivity contribution is -0.120. The molecule has 1 heterocycles.